The van der Waals surface area contributed by atoms with Crippen molar-refractivity contribution in [1.82, 2.24) is 9.97 Å². The van der Waals surface area contributed by atoms with Crippen LogP contribution in [0.3, 0.4) is 0 Å². The molecule has 0 saturated heterocycles. The zero-order valence-corrected chi connectivity index (χ0v) is 20.5. The number of rotatable bonds is 5. The number of carbonyl (C=O) groups is 1. The van der Waals surface area contributed by atoms with E-state index in [2.05, 4.69) is 28.5 Å². The second kappa shape index (κ2) is 9.67. The molecule has 0 aliphatic rings. The van der Waals surface area contributed by atoms with Gasteiger partial charge in [0, 0.05) is 16.5 Å². The van der Waals surface area contributed by atoms with E-state index in [-0.39, 0.29) is 27.0 Å². The number of hydrogen-bond acceptors (Lipinski definition) is 4. The molecule has 0 fully saturated rings. The normalized spacial score (nSPS) is 10.9. The number of carbonyl (C=O) groups excluding carboxylic acids is 1. The summed E-state index contributed by atoms with van der Waals surface area (Å²) in [5.74, 6) is -0.178. The number of amides is 1. The number of nitrogens with zero attached hydrogens (tertiary/aromatic N) is 3. The number of likely N-dealkylation sites (N-methyl/N-ethyl adjacent to an activating group) is 1. The predicted molar refractivity (Wildman–Crippen MR) is 122 cm³/mol. The molecule has 4 rings (SSSR count). The van der Waals surface area contributed by atoms with E-state index in [1.165, 1.54) is 7.05 Å². The summed E-state index contributed by atoms with van der Waals surface area (Å²) in [5, 5.41) is 5.95. The smallest absolute Gasteiger partial charge is 0.655 e. The Bertz CT molecular complexity index is 1170. The van der Waals surface area contributed by atoms with Crippen LogP contribution in [0.2, 0.25) is 0 Å². The van der Waals surface area contributed by atoms with Gasteiger partial charge in [-0.05, 0) is 35.3 Å². The van der Waals surface area contributed by atoms with E-state index in [1.807, 2.05) is 67.8 Å². The summed E-state index contributed by atoms with van der Waals surface area (Å²) in [5.41, 5.74) is 4.28. The Morgan fingerprint density at radius 1 is 1.00 bits per heavy atom. The zero-order valence-electron chi connectivity index (χ0n) is 17.4. The van der Waals surface area contributed by atoms with Gasteiger partial charge in [-0.25, -0.2) is 0 Å². The molecule has 0 unspecified atom stereocenters. The van der Waals surface area contributed by atoms with E-state index in [9.17, 15) is 4.79 Å². The van der Waals surface area contributed by atoms with Crippen molar-refractivity contribution in [3.8, 4) is 33.1 Å². The molecular weight excluding hydrogens is 585 g/mol. The maximum absolute atomic E-state index is 12.5. The van der Waals surface area contributed by atoms with Gasteiger partial charge in [0.25, 0.3) is 0 Å². The fourth-order valence-corrected chi connectivity index (χ4v) is 3.98. The van der Waals surface area contributed by atoms with Gasteiger partial charge in [-0.2, -0.15) is 0 Å². The Labute approximate surface area is 201 Å². The molecular formula is C25H21N3OPtS. The average Bonchev–Trinajstić information content (AvgIpc) is 3.34. The van der Waals surface area contributed by atoms with E-state index in [0.29, 0.717) is 0 Å². The summed E-state index contributed by atoms with van der Waals surface area (Å²) in [7, 11) is 1.53. The fraction of sp³-hybridized carbons (Fsp3) is 0.160. The molecule has 3 aromatic heterocycles. The third-order valence-corrected chi connectivity index (χ3v) is 5.96. The van der Waals surface area contributed by atoms with Crippen LogP contribution < -0.4 is 0 Å². The van der Waals surface area contributed by atoms with Crippen LogP contribution in [0, 0.1) is 6.07 Å². The molecule has 0 aliphatic heterocycles. The number of thiophene rings is 1. The van der Waals surface area contributed by atoms with Gasteiger partial charge in [0.1, 0.15) is 0 Å². The largest absolute Gasteiger partial charge is 2.00 e. The molecule has 6 heteroatoms. The molecule has 4 aromatic rings. The van der Waals surface area contributed by atoms with Gasteiger partial charge in [-0.15, -0.1) is 47.7 Å². The Morgan fingerprint density at radius 2 is 1.77 bits per heavy atom. The monoisotopic (exact) mass is 606 g/mol. The first-order valence-corrected chi connectivity index (χ1v) is 10.5. The number of hydrogen-bond donors (Lipinski definition) is 0. The van der Waals surface area contributed by atoms with Crippen molar-refractivity contribution in [2.24, 2.45) is 0 Å². The second-order valence-corrected chi connectivity index (χ2v) is 8.40. The molecule has 1 amide bonds. The van der Waals surface area contributed by atoms with Crippen molar-refractivity contribution in [2.75, 3.05) is 7.05 Å². The van der Waals surface area contributed by atoms with Crippen LogP contribution in [0.5, 0.6) is 0 Å². The van der Waals surface area contributed by atoms with Crippen LogP contribution in [-0.4, -0.2) is 22.9 Å². The van der Waals surface area contributed by atoms with E-state index < -0.39 is 5.41 Å². The third kappa shape index (κ3) is 4.84. The molecule has 0 spiro atoms. The second-order valence-electron chi connectivity index (χ2n) is 7.45. The SMILES string of the molecule is C[N-]C(=O)C(C)(C)c1[c-]c(-c2cccc(-c3ccccn3)n2)cc(-c2cccs2)c1.[Pt+2]. The van der Waals surface area contributed by atoms with Gasteiger partial charge in [-0.3, -0.25) is 9.97 Å². The maximum atomic E-state index is 12.5. The minimum atomic E-state index is -0.782. The van der Waals surface area contributed by atoms with Gasteiger partial charge < -0.3 is 10.1 Å². The first-order valence-electron chi connectivity index (χ1n) is 9.64. The molecule has 0 bridgehead atoms. The Kier molecular flexibility index (Phi) is 7.19. The van der Waals surface area contributed by atoms with Gasteiger partial charge in [0.05, 0.1) is 17.3 Å². The van der Waals surface area contributed by atoms with Crippen LogP contribution in [0.15, 0.2) is 72.2 Å². The minimum absolute atomic E-state index is 0. The zero-order chi connectivity index (χ0) is 21.1. The number of pyridine rings is 2. The molecule has 0 N–H and O–H groups in total. The van der Waals surface area contributed by atoms with E-state index in [0.717, 1.165) is 38.6 Å². The maximum Gasteiger partial charge on any atom is 2.00 e. The predicted octanol–water partition coefficient (Wildman–Crippen LogP) is 6.14. The molecule has 1 aromatic carbocycles. The molecule has 31 heavy (non-hydrogen) atoms. The summed E-state index contributed by atoms with van der Waals surface area (Å²) in [6, 6.07) is 23.3. The van der Waals surface area contributed by atoms with E-state index in [4.69, 9.17) is 4.98 Å². The van der Waals surface area contributed by atoms with Crippen molar-refractivity contribution in [3.05, 3.63) is 89.2 Å². The number of aromatic nitrogens is 2. The molecule has 0 radical (unpaired) electrons. The van der Waals surface area contributed by atoms with Crippen molar-refractivity contribution in [2.45, 2.75) is 19.3 Å². The van der Waals surface area contributed by atoms with Crippen LogP contribution in [0.4, 0.5) is 0 Å². The first-order chi connectivity index (χ1) is 14.5. The topological polar surface area (TPSA) is 57.0 Å². The van der Waals surface area contributed by atoms with Crippen molar-refractivity contribution in [3.63, 3.8) is 0 Å². The van der Waals surface area contributed by atoms with Gasteiger partial charge in [-0.1, -0.05) is 43.7 Å². The van der Waals surface area contributed by atoms with Crippen LogP contribution in [0.1, 0.15) is 19.4 Å². The molecule has 4 nitrogen and oxygen atoms in total. The van der Waals surface area contributed by atoms with Crippen molar-refractivity contribution >= 4 is 17.2 Å². The molecule has 158 valence electrons. The molecule has 0 saturated carbocycles. The molecule has 0 aliphatic carbocycles. The van der Waals surface area contributed by atoms with Gasteiger partial charge in [0.15, 0.2) is 0 Å². The average molecular weight is 607 g/mol. The van der Waals surface area contributed by atoms with E-state index in [1.54, 1.807) is 17.5 Å². The van der Waals surface area contributed by atoms with Gasteiger partial charge >= 0.3 is 21.1 Å². The van der Waals surface area contributed by atoms with E-state index >= 15 is 0 Å². The van der Waals surface area contributed by atoms with Crippen LogP contribution in [-0.2, 0) is 31.3 Å². The summed E-state index contributed by atoms with van der Waals surface area (Å²) < 4.78 is 0. The van der Waals surface area contributed by atoms with Crippen LogP contribution >= 0.6 is 11.3 Å². The Balaban J connectivity index is 0.00000272. The van der Waals surface area contributed by atoms with Crippen molar-refractivity contribution < 1.29 is 25.9 Å². The standard InChI is InChI=1S/C25H22N3OS.Pt/c1-25(2,24(29)26-3)19-15-17(14-18(16-19)23-11-7-13-30-23)20-9-6-10-22(28-20)21-8-4-5-12-27-21;/h4-14,16H,1-3H3,(H,26,29);/q-1;+2/p-1. The van der Waals surface area contributed by atoms with Crippen molar-refractivity contribution in [1.29, 1.82) is 0 Å². The summed E-state index contributed by atoms with van der Waals surface area (Å²) in [4.78, 5) is 22.9. The number of benzene rings is 1. The molecule has 0 atom stereocenters. The summed E-state index contributed by atoms with van der Waals surface area (Å²) in [6.45, 7) is 3.77. The van der Waals surface area contributed by atoms with Gasteiger partial charge in [0.2, 0.25) is 0 Å². The minimum Gasteiger partial charge on any atom is -0.655 e. The quantitative estimate of drug-likeness (QED) is 0.257. The Hall–Kier alpha value is -2.62. The summed E-state index contributed by atoms with van der Waals surface area (Å²) in [6.07, 6.45) is 1.76. The fourth-order valence-electron chi connectivity index (χ4n) is 3.27. The summed E-state index contributed by atoms with van der Waals surface area (Å²) >= 11 is 1.66. The third-order valence-electron chi connectivity index (χ3n) is 5.04. The first kappa shape index (κ1) is 23.1. The Morgan fingerprint density at radius 3 is 2.45 bits per heavy atom. The van der Waals surface area contributed by atoms with Crippen LogP contribution in [0.25, 0.3) is 38.4 Å². The molecule has 3 heterocycles.